The molecule has 0 amide bonds. The molecule has 0 heterocycles. The fourth-order valence-corrected chi connectivity index (χ4v) is 1.52. The van der Waals surface area contributed by atoms with Crippen LogP contribution in [-0.4, -0.2) is 17.2 Å². The zero-order chi connectivity index (χ0) is 13.8. The van der Waals surface area contributed by atoms with Gasteiger partial charge in [-0.15, -0.1) is 0 Å². The van der Waals surface area contributed by atoms with Gasteiger partial charge in [-0.1, -0.05) is 18.7 Å². The number of hydrogen-bond donors (Lipinski definition) is 0. The highest BCUT2D eigenvalue weighted by atomic mass is 32.2. The summed E-state index contributed by atoms with van der Waals surface area (Å²) in [5.74, 6) is 0.957. The predicted octanol–water partition coefficient (Wildman–Crippen LogP) is 4.33. The molecule has 0 aliphatic rings. The van der Waals surface area contributed by atoms with Crippen molar-refractivity contribution in [2.75, 3.05) is 6.26 Å². The topological polar surface area (TPSA) is 35.5 Å². The third-order valence-corrected chi connectivity index (χ3v) is 2.39. The van der Waals surface area contributed by atoms with E-state index >= 15 is 0 Å². The molecule has 98 valence electrons. The van der Waals surface area contributed by atoms with Crippen LogP contribution in [0.3, 0.4) is 0 Å². The number of hydrogen-bond acceptors (Lipinski definition) is 4. The molecule has 0 spiro atoms. The Morgan fingerprint density at radius 3 is 2.44 bits per heavy atom. The lowest BCUT2D eigenvalue weighted by atomic mass is 10.1. The Kier molecular flexibility index (Phi) is 4.84. The van der Waals surface area contributed by atoms with E-state index in [-0.39, 0.29) is 10.9 Å². The van der Waals surface area contributed by atoms with Crippen molar-refractivity contribution >= 4 is 22.8 Å². The van der Waals surface area contributed by atoms with Gasteiger partial charge in [0.1, 0.15) is 17.1 Å². The smallest absolute Gasteiger partial charge is 0.372 e. The van der Waals surface area contributed by atoms with Gasteiger partial charge >= 0.3 is 5.30 Å². The highest BCUT2D eigenvalue weighted by Crippen LogP contribution is 2.29. The minimum atomic E-state index is -0.356. The standard InChI is InChI=1S/C14H18O3S/c1-10(17-14(2,3)4)11-8-6-7-9-12(11)16-13(15)18-5/h6-9H,1H2,2-5H3. The Bertz CT molecular complexity index is 447. The van der Waals surface area contributed by atoms with Crippen molar-refractivity contribution in [3.8, 4) is 5.75 Å². The van der Waals surface area contributed by atoms with E-state index in [1.54, 1.807) is 18.4 Å². The molecule has 0 aliphatic heterocycles. The van der Waals surface area contributed by atoms with Crippen molar-refractivity contribution in [1.29, 1.82) is 0 Å². The molecule has 0 aromatic heterocycles. The SMILES string of the molecule is C=C(OC(C)(C)C)c1ccccc1OC(=O)SC. The van der Waals surface area contributed by atoms with Crippen molar-refractivity contribution < 1.29 is 14.3 Å². The van der Waals surface area contributed by atoms with E-state index in [4.69, 9.17) is 9.47 Å². The summed E-state index contributed by atoms with van der Waals surface area (Å²) in [6, 6.07) is 7.19. The van der Waals surface area contributed by atoms with Gasteiger partial charge in [0, 0.05) is 0 Å². The van der Waals surface area contributed by atoms with Crippen LogP contribution < -0.4 is 4.74 Å². The summed E-state index contributed by atoms with van der Waals surface area (Å²) in [5, 5.41) is -0.356. The van der Waals surface area contributed by atoms with Crippen LogP contribution in [0.2, 0.25) is 0 Å². The number of thioether (sulfide) groups is 1. The number of rotatable bonds is 3. The third kappa shape index (κ3) is 4.45. The van der Waals surface area contributed by atoms with Crippen LogP contribution in [0.25, 0.3) is 5.76 Å². The molecule has 0 bridgehead atoms. The number of para-hydroxylation sites is 1. The molecule has 4 heteroatoms. The number of carbonyl (C=O) groups is 1. The van der Waals surface area contributed by atoms with Crippen LogP contribution in [0, 0.1) is 0 Å². The van der Waals surface area contributed by atoms with Crippen LogP contribution in [-0.2, 0) is 4.74 Å². The summed E-state index contributed by atoms with van der Waals surface area (Å²) in [6.45, 7) is 9.70. The molecular formula is C14H18O3S. The van der Waals surface area contributed by atoms with Crippen molar-refractivity contribution in [2.24, 2.45) is 0 Å². The molecular weight excluding hydrogens is 248 g/mol. The number of benzene rings is 1. The fourth-order valence-electron chi connectivity index (χ4n) is 1.34. The van der Waals surface area contributed by atoms with Gasteiger partial charge in [0.25, 0.3) is 0 Å². The molecule has 0 atom stereocenters. The lowest BCUT2D eigenvalue weighted by Gasteiger charge is -2.23. The second-order valence-electron chi connectivity index (χ2n) is 4.69. The zero-order valence-electron chi connectivity index (χ0n) is 11.1. The van der Waals surface area contributed by atoms with Gasteiger partial charge in [0.15, 0.2) is 0 Å². The Balaban J connectivity index is 2.94. The molecule has 0 radical (unpaired) electrons. The third-order valence-electron chi connectivity index (χ3n) is 1.98. The Hall–Kier alpha value is -1.42. The minimum Gasteiger partial charge on any atom is -0.488 e. The first kappa shape index (κ1) is 14.6. The van der Waals surface area contributed by atoms with E-state index in [0.717, 1.165) is 11.8 Å². The van der Waals surface area contributed by atoms with E-state index in [1.807, 2.05) is 32.9 Å². The molecule has 18 heavy (non-hydrogen) atoms. The molecule has 1 rings (SSSR count). The number of ether oxygens (including phenoxy) is 2. The highest BCUT2D eigenvalue weighted by Gasteiger charge is 2.17. The maximum Gasteiger partial charge on any atom is 0.372 e. The maximum atomic E-state index is 11.3. The number of carbonyl (C=O) groups excluding carboxylic acids is 1. The van der Waals surface area contributed by atoms with Crippen LogP contribution >= 0.6 is 11.8 Å². The van der Waals surface area contributed by atoms with Crippen molar-refractivity contribution in [3.63, 3.8) is 0 Å². The Morgan fingerprint density at radius 1 is 1.28 bits per heavy atom. The first-order valence-electron chi connectivity index (χ1n) is 5.56. The highest BCUT2D eigenvalue weighted by molar-refractivity contribution is 8.12. The summed E-state index contributed by atoms with van der Waals surface area (Å²) in [4.78, 5) is 11.3. The molecule has 0 saturated carbocycles. The van der Waals surface area contributed by atoms with Gasteiger partial charge in [-0.2, -0.15) is 0 Å². The van der Waals surface area contributed by atoms with E-state index in [0.29, 0.717) is 17.1 Å². The Labute approximate surface area is 112 Å². The summed E-state index contributed by atoms with van der Waals surface area (Å²) in [7, 11) is 0. The quantitative estimate of drug-likeness (QED) is 0.602. The molecule has 0 fully saturated rings. The summed E-state index contributed by atoms with van der Waals surface area (Å²) in [6.07, 6.45) is 1.67. The normalized spacial score (nSPS) is 10.9. The molecule has 0 unspecified atom stereocenters. The lowest BCUT2D eigenvalue weighted by Crippen LogP contribution is -2.18. The van der Waals surface area contributed by atoms with Crippen molar-refractivity contribution in [1.82, 2.24) is 0 Å². The molecule has 0 aliphatic carbocycles. The van der Waals surface area contributed by atoms with Gasteiger partial charge < -0.3 is 9.47 Å². The van der Waals surface area contributed by atoms with Crippen LogP contribution in [0.4, 0.5) is 4.79 Å². The predicted molar refractivity (Wildman–Crippen MR) is 75.9 cm³/mol. The largest absolute Gasteiger partial charge is 0.488 e. The molecule has 3 nitrogen and oxygen atoms in total. The fraction of sp³-hybridized carbons (Fsp3) is 0.357. The second-order valence-corrected chi connectivity index (χ2v) is 5.43. The average Bonchev–Trinajstić information content (AvgIpc) is 2.27. The van der Waals surface area contributed by atoms with Crippen molar-refractivity contribution in [2.45, 2.75) is 26.4 Å². The van der Waals surface area contributed by atoms with Crippen LogP contribution in [0.15, 0.2) is 30.8 Å². The van der Waals surface area contributed by atoms with Crippen LogP contribution in [0.5, 0.6) is 5.75 Å². The lowest BCUT2D eigenvalue weighted by molar-refractivity contribution is 0.0973. The van der Waals surface area contributed by atoms with Gasteiger partial charge in [-0.3, -0.25) is 0 Å². The molecule has 0 saturated heterocycles. The van der Waals surface area contributed by atoms with Gasteiger partial charge in [0.2, 0.25) is 0 Å². The van der Waals surface area contributed by atoms with Gasteiger partial charge in [-0.05, 0) is 50.9 Å². The first-order chi connectivity index (χ1) is 8.33. The first-order valence-corrected chi connectivity index (χ1v) is 6.79. The second kappa shape index (κ2) is 5.96. The van der Waals surface area contributed by atoms with Gasteiger partial charge in [0.05, 0.1) is 5.56 Å². The summed E-state index contributed by atoms with van der Waals surface area (Å²) in [5.41, 5.74) is 0.350. The zero-order valence-corrected chi connectivity index (χ0v) is 12.0. The van der Waals surface area contributed by atoms with Crippen molar-refractivity contribution in [3.05, 3.63) is 36.4 Å². The monoisotopic (exact) mass is 266 g/mol. The maximum absolute atomic E-state index is 11.3. The summed E-state index contributed by atoms with van der Waals surface area (Å²) >= 11 is 1.02. The summed E-state index contributed by atoms with van der Waals surface area (Å²) < 4.78 is 10.9. The van der Waals surface area contributed by atoms with Gasteiger partial charge in [-0.25, -0.2) is 4.79 Å². The van der Waals surface area contributed by atoms with E-state index < -0.39 is 0 Å². The van der Waals surface area contributed by atoms with E-state index in [2.05, 4.69) is 6.58 Å². The van der Waals surface area contributed by atoms with E-state index in [1.165, 1.54) is 0 Å². The van der Waals surface area contributed by atoms with E-state index in [9.17, 15) is 4.79 Å². The van der Waals surface area contributed by atoms with Crippen LogP contribution in [0.1, 0.15) is 26.3 Å². The molecule has 1 aromatic carbocycles. The Morgan fingerprint density at radius 2 is 1.89 bits per heavy atom. The molecule has 1 aromatic rings. The molecule has 0 N–H and O–H groups in total. The minimum absolute atomic E-state index is 0.340. The average molecular weight is 266 g/mol.